The molecule has 218 valence electrons. The summed E-state index contributed by atoms with van der Waals surface area (Å²) in [7, 11) is 3.16. The van der Waals surface area contributed by atoms with Gasteiger partial charge in [0.05, 0.1) is 20.3 Å². The number of benzene rings is 3. The van der Waals surface area contributed by atoms with Crippen LogP contribution in [0.2, 0.25) is 0 Å². The lowest BCUT2D eigenvalue weighted by molar-refractivity contribution is -0.123. The Morgan fingerprint density at radius 2 is 1.74 bits per heavy atom. The number of fused-ring (bicyclic) bond motifs is 8. The third-order valence-corrected chi connectivity index (χ3v) is 7.56. The largest absolute Gasteiger partial charge is 0.497 e. The van der Waals surface area contributed by atoms with Crippen LogP contribution in [0.4, 0.5) is 0 Å². The van der Waals surface area contributed by atoms with E-state index in [1.54, 1.807) is 25.3 Å². The van der Waals surface area contributed by atoms with Gasteiger partial charge >= 0.3 is 0 Å². The molecule has 3 aromatic rings. The Morgan fingerprint density at radius 3 is 2.55 bits per heavy atom. The number of nitrogens with one attached hydrogen (secondary N) is 2. The van der Waals surface area contributed by atoms with E-state index in [1.165, 1.54) is 7.11 Å². The van der Waals surface area contributed by atoms with Crippen LogP contribution in [-0.4, -0.2) is 75.9 Å². The van der Waals surface area contributed by atoms with Crippen LogP contribution in [0.25, 0.3) is 6.08 Å². The second-order valence-electron chi connectivity index (χ2n) is 10.5. The average molecular weight is 572 g/mol. The van der Waals surface area contributed by atoms with Crippen molar-refractivity contribution >= 4 is 17.9 Å². The minimum absolute atomic E-state index is 0.209. The first-order valence-electron chi connectivity index (χ1n) is 13.8. The van der Waals surface area contributed by atoms with Gasteiger partial charge in [-0.3, -0.25) is 14.5 Å². The molecule has 1 saturated heterocycles. The van der Waals surface area contributed by atoms with E-state index in [9.17, 15) is 9.59 Å². The fourth-order valence-corrected chi connectivity index (χ4v) is 5.39. The normalized spacial score (nSPS) is 20.4. The first kappa shape index (κ1) is 27.5. The predicted octanol–water partition coefficient (Wildman–Crippen LogP) is 3.05. The summed E-state index contributed by atoms with van der Waals surface area (Å²) in [6.45, 7) is 2.51. The number of carbonyl (C=O) groups excluding carboxylic acids is 2. The number of ether oxygens (including phenoxy) is 5. The molecule has 4 aliphatic rings. The monoisotopic (exact) mass is 571 g/mol. The maximum absolute atomic E-state index is 13.4. The van der Waals surface area contributed by atoms with Crippen molar-refractivity contribution in [3.63, 3.8) is 0 Å². The Bertz CT molecular complexity index is 1500. The number of methoxy groups -OCH3 is 2. The highest BCUT2D eigenvalue weighted by atomic mass is 16.5. The molecule has 2 amide bonds. The number of carbonyl (C=O) groups is 2. The van der Waals surface area contributed by atoms with Gasteiger partial charge in [-0.15, -0.1) is 0 Å². The van der Waals surface area contributed by atoms with Crippen molar-refractivity contribution in [2.24, 2.45) is 0 Å². The Morgan fingerprint density at radius 1 is 0.905 bits per heavy atom. The SMILES string of the molecule is COc1ccc2c(c1)C=C(CN1C[C@@H]3NC(=O)c4ccc(OC)c(c4)OCC(=O)NCc4ccc(cc4)O[C@H]3C1)CO2. The minimum Gasteiger partial charge on any atom is -0.497 e. The number of nitrogens with zero attached hydrogens (tertiary/aromatic N) is 1. The number of hydrogen-bond donors (Lipinski definition) is 2. The lowest BCUT2D eigenvalue weighted by atomic mass is 10.1. The van der Waals surface area contributed by atoms with E-state index in [1.807, 2.05) is 42.5 Å². The molecule has 0 spiro atoms. The lowest BCUT2D eigenvalue weighted by Gasteiger charge is -2.22. The summed E-state index contributed by atoms with van der Waals surface area (Å²) >= 11 is 0. The fourth-order valence-electron chi connectivity index (χ4n) is 5.39. The van der Waals surface area contributed by atoms with Gasteiger partial charge in [-0.2, -0.15) is 0 Å². The Kier molecular flexibility index (Phi) is 7.87. The molecule has 0 aromatic heterocycles. The van der Waals surface area contributed by atoms with Crippen LogP contribution in [0.5, 0.6) is 28.7 Å². The molecule has 0 aliphatic carbocycles. The molecule has 10 heteroatoms. The van der Waals surface area contributed by atoms with Gasteiger partial charge in [0.15, 0.2) is 18.1 Å². The van der Waals surface area contributed by atoms with E-state index in [0.29, 0.717) is 55.6 Å². The Hall–Kier alpha value is -4.70. The summed E-state index contributed by atoms with van der Waals surface area (Å²) in [6.07, 6.45) is 1.85. The van der Waals surface area contributed by atoms with Gasteiger partial charge in [-0.05, 0) is 65.7 Å². The van der Waals surface area contributed by atoms with Crippen molar-refractivity contribution in [2.45, 2.75) is 18.7 Å². The molecule has 7 rings (SSSR count). The molecule has 4 heterocycles. The standard InChI is InChI=1S/C32H33N3O7/c1-38-25-8-10-27-23(12-25)11-21(18-40-27)15-35-16-26-30(17-35)42-24-6-3-20(4-7-24)14-33-31(36)19-41-29-13-22(32(37)34-26)5-9-28(29)39-2/h3-13,26,30H,14-19H2,1-2H3,(H,33,36)(H,34,37)/t26-,30-/m0/s1. The third-order valence-electron chi connectivity index (χ3n) is 7.56. The van der Waals surface area contributed by atoms with E-state index in [4.69, 9.17) is 23.7 Å². The molecular formula is C32H33N3O7. The third kappa shape index (κ3) is 6.13. The summed E-state index contributed by atoms with van der Waals surface area (Å²) in [5, 5.41) is 6.02. The first-order valence-corrected chi connectivity index (χ1v) is 13.8. The molecule has 42 heavy (non-hydrogen) atoms. The molecule has 0 saturated carbocycles. The second kappa shape index (κ2) is 12.0. The molecule has 1 fully saturated rings. The molecule has 10 nitrogen and oxygen atoms in total. The van der Waals surface area contributed by atoms with Crippen molar-refractivity contribution in [3.05, 3.63) is 82.9 Å². The molecule has 4 aliphatic heterocycles. The topological polar surface area (TPSA) is 108 Å². The number of hydrogen-bond acceptors (Lipinski definition) is 8. The number of rotatable bonds is 4. The molecule has 3 aromatic carbocycles. The van der Waals surface area contributed by atoms with Crippen LogP contribution in [0.3, 0.4) is 0 Å². The zero-order valence-electron chi connectivity index (χ0n) is 23.6. The summed E-state index contributed by atoms with van der Waals surface area (Å²) in [4.78, 5) is 28.1. The van der Waals surface area contributed by atoms with Crippen molar-refractivity contribution < 1.29 is 33.3 Å². The zero-order valence-corrected chi connectivity index (χ0v) is 23.6. The molecule has 0 unspecified atom stereocenters. The van der Waals surface area contributed by atoms with Gasteiger partial charge in [0.1, 0.15) is 30.0 Å². The van der Waals surface area contributed by atoms with E-state index >= 15 is 0 Å². The van der Waals surface area contributed by atoms with Crippen molar-refractivity contribution in [3.8, 4) is 28.7 Å². The lowest BCUT2D eigenvalue weighted by Crippen LogP contribution is -2.45. The van der Waals surface area contributed by atoms with Crippen LogP contribution in [0, 0.1) is 0 Å². The summed E-state index contributed by atoms with van der Waals surface area (Å²) in [6, 6.07) is 18.0. The maximum Gasteiger partial charge on any atom is 0.258 e. The van der Waals surface area contributed by atoms with Crippen LogP contribution in [0.1, 0.15) is 21.5 Å². The van der Waals surface area contributed by atoms with Crippen molar-refractivity contribution in [1.82, 2.24) is 15.5 Å². The molecule has 2 N–H and O–H groups in total. The zero-order chi connectivity index (χ0) is 29.1. The average Bonchev–Trinajstić information content (AvgIpc) is 3.38. The fraction of sp³-hybridized carbons (Fsp3) is 0.312. The quantitative estimate of drug-likeness (QED) is 0.492. The molecule has 4 bridgehead atoms. The summed E-state index contributed by atoms with van der Waals surface area (Å²) in [5.74, 6) is 2.49. The molecule has 0 radical (unpaired) electrons. The highest BCUT2D eigenvalue weighted by Gasteiger charge is 2.36. The highest BCUT2D eigenvalue weighted by molar-refractivity contribution is 5.95. The van der Waals surface area contributed by atoms with Crippen LogP contribution < -0.4 is 34.3 Å². The summed E-state index contributed by atoms with van der Waals surface area (Å²) < 4.78 is 28.9. The van der Waals surface area contributed by atoms with Gasteiger partial charge in [0, 0.05) is 37.3 Å². The first-order chi connectivity index (χ1) is 20.5. The number of amides is 2. The smallest absolute Gasteiger partial charge is 0.258 e. The number of likely N-dealkylation sites (tertiary alicyclic amines) is 1. The van der Waals surface area contributed by atoms with E-state index < -0.39 is 0 Å². The van der Waals surface area contributed by atoms with Crippen LogP contribution >= 0.6 is 0 Å². The van der Waals surface area contributed by atoms with E-state index in [-0.39, 0.29) is 30.6 Å². The van der Waals surface area contributed by atoms with Crippen molar-refractivity contribution in [1.29, 1.82) is 0 Å². The van der Waals surface area contributed by atoms with Crippen LogP contribution in [0.15, 0.2) is 66.2 Å². The second-order valence-corrected chi connectivity index (χ2v) is 10.5. The molecule has 2 atom stereocenters. The van der Waals surface area contributed by atoms with Gasteiger partial charge in [-0.25, -0.2) is 0 Å². The van der Waals surface area contributed by atoms with Crippen LogP contribution in [-0.2, 0) is 11.3 Å². The van der Waals surface area contributed by atoms with Gasteiger partial charge in [0.2, 0.25) is 0 Å². The van der Waals surface area contributed by atoms with Gasteiger partial charge in [0.25, 0.3) is 11.8 Å². The van der Waals surface area contributed by atoms with Gasteiger partial charge < -0.3 is 34.3 Å². The van der Waals surface area contributed by atoms with E-state index in [0.717, 1.165) is 28.2 Å². The molecular weight excluding hydrogens is 538 g/mol. The Labute approximate surface area is 244 Å². The van der Waals surface area contributed by atoms with Crippen molar-refractivity contribution in [2.75, 3.05) is 47.1 Å². The Balaban J connectivity index is 1.25. The maximum atomic E-state index is 13.4. The minimum atomic E-state index is -0.290. The van der Waals surface area contributed by atoms with Gasteiger partial charge in [-0.1, -0.05) is 12.1 Å². The highest BCUT2D eigenvalue weighted by Crippen LogP contribution is 2.31. The predicted molar refractivity (Wildman–Crippen MR) is 155 cm³/mol. The summed E-state index contributed by atoms with van der Waals surface area (Å²) in [5.41, 5.74) is 3.43. The van der Waals surface area contributed by atoms with E-state index in [2.05, 4.69) is 21.6 Å².